The summed E-state index contributed by atoms with van der Waals surface area (Å²) in [6, 6.07) is 5.85. The second kappa shape index (κ2) is 7.92. The van der Waals surface area contributed by atoms with Gasteiger partial charge in [-0.2, -0.15) is 4.31 Å². The smallest absolute Gasteiger partial charge is 0.254 e. The average molecular weight is 434 g/mol. The minimum absolute atomic E-state index is 0.0623. The second-order valence-electron chi connectivity index (χ2n) is 7.85. The number of fused-ring (bicyclic) bond motifs is 1. The number of amides is 1. The van der Waals surface area contributed by atoms with Crippen LogP contribution in [0.2, 0.25) is 0 Å². The van der Waals surface area contributed by atoms with Gasteiger partial charge >= 0.3 is 0 Å². The van der Waals surface area contributed by atoms with Gasteiger partial charge in [-0.3, -0.25) is 9.59 Å². The third-order valence-corrected chi connectivity index (χ3v) is 6.97. The highest BCUT2D eigenvalue weighted by molar-refractivity contribution is 7.88. The van der Waals surface area contributed by atoms with Gasteiger partial charge in [0.2, 0.25) is 15.9 Å². The topological polar surface area (TPSA) is 103 Å². The van der Waals surface area contributed by atoms with Crippen LogP contribution in [-0.2, 0) is 34.2 Å². The zero-order valence-electron chi connectivity index (χ0n) is 16.6. The molecule has 0 spiro atoms. The number of H-pyrrole nitrogens is 1. The summed E-state index contributed by atoms with van der Waals surface area (Å²) in [6.07, 6.45) is 2.32. The molecule has 4 rings (SSSR count). The molecular weight excluding hydrogens is 411 g/mol. The zero-order chi connectivity index (χ0) is 21.5. The van der Waals surface area contributed by atoms with Gasteiger partial charge in [-0.05, 0) is 30.5 Å². The Hall–Kier alpha value is -2.59. The summed E-state index contributed by atoms with van der Waals surface area (Å²) in [5.74, 6) is -0.0306. The highest BCUT2D eigenvalue weighted by atomic mass is 32.2. The number of rotatable bonds is 4. The molecule has 2 aliphatic heterocycles. The fraction of sp³-hybridized carbons (Fsp3) is 0.450. The van der Waals surface area contributed by atoms with E-state index in [0.717, 1.165) is 11.8 Å². The minimum atomic E-state index is -3.36. The van der Waals surface area contributed by atoms with Gasteiger partial charge in [-0.1, -0.05) is 12.1 Å². The van der Waals surface area contributed by atoms with Crippen LogP contribution < -0.4 is 5.56 Å². The van der Waals surface area contributed by atoms with Crippen LogP contribution in [0.5, 0.6) is 0 Å². The van der Waals surface area contributed by atoms with Gasteiger partial charge in [0, 0.05) is 31.1 Å². The van der Waals surface area contributed by atoms with E-state index in [1.165, 1.54) is 16.4 Å². The summed E-state index contributed by atoms with van der Waals surface area (Å²) in [5, 5.41) is 0. The van der Waals surface area contributed by atoms with Gasteiger partial charge in [0.15, 0.2) is 0 Å². The maximum atomic E-state index is 13.0. The maximum Gasteiger partial charge on any atom is 0.254 e. The van der Waals surface area contributed by atoms with Gasteiger partial charge in [0.1, 0.15) is 11.6 Å². The number of aromatic amines is 1. The van der Waals surface area contributed by atoms with E-state index in [2.05, 4.69) is 9.97 Å². The van der Waals surface area contributed by atoms with Crippen LogP contribution >= 0.6 is 0 Å². The number of likely N-dealkylation sites (tertiary alicyclic amines) is 1. The first-order valence-electron chi connectivity index (χ1n) is 9.80. The Bertz CT molecular complexity index is 1130. The lowest BCUT2D eigenvalue weighted by atomic mass is 10.1. The van der Waals surface area contributed by atoms with Crippen LogP contribution in [0.4, 0.5) is 4.39 Å². The molecule has 30 heavy (non-hydrogen) atoms. The monoisotopic (exact) mass is 434 g/mol. The number of carbonyl (C=O) groups is 1. The molecule has 0 radical (unpaired) electrons. The number of benzene rings is 1. The molecule has 0 aliphatic carbocycles. The number of aromatic nitrogens is 2. The molecule has 1 aromatic carbocycles. The van der Waals surface area contributed by atoms with E-state index in [4.69, 9.17) is 0 Å². The quantitative estimate of drug-likeness (QED) is 0.766. The van der Waals surface area contributed by atoms with Crippen LogP contribution in [0.25, 0.3) is 0 Å². The van der Waals surface area contributed by atoms with Crippen molar-refractivity contribution in [3.8, 4) is 0 Å². The SMILES string of the molecule is CS(=O)(=O)N1CCc2c(nc([C@H]3CCN(C(=O)Cc4ccc(F)cc4)C3)[nH]c2=O)C1. The molecule has 1 fully saturated rings. The van der Waals surface area contributed by atoms with Crippen LogP contribution in [-0.4, -0.2) is 59.4 Å². The Morgan fingerprint density at radius 1 is 1.27 bits per heavy atom. The van der Waals surface area contributed by atoms with Crippen molar-refractivity contribution in [2.24, 2.45) is 0 Å². The first-order chi connectivity index (χ1) is 14.2. The summed E-state index contributed by atoms with van der Waals surface area (Å²) in [5.41, 5.74) is 1.52. The van der Waals surface area contributed by atoms with Gasteiger partial charge in [0.05, 0.1) is 24.9 Å². The third kappa shape index (κ3) is 4.29. The van der Waals surface area contributed by atoms with Crippen LogP contribution in [0, 0.1) is 5.82 Å². The molecule has 2 aromatic rings. The van der Waals surface area contributed by atoms with Crippen molar-refractivity contribution in [1.82, 2.24) is 19.2 Å². The van der Waals surface area contributed by atoms with Crippen molar-refractivity contribution in [1.29, 1.82) is 0 Å². The molecule has 1 atom stereocenters. The third-order valence-electron chi connectivity index (χ3n) is 5.72. The summed E-state index contributed by atoms with van der Waals surface area (Å²) in [7, 11) is -3.36. The average Bonchev–Trinajstić information content (AvgIpc) is 3.19. The Morgan fingerprint density at radius 3 is 2.70 bits per heavy atom. The van der Waals surface area contributed by atoms with E-state index in [1.807, 2.05) is 0 Å². The zero-order valence-corrected chi connectivity index (χ0v) is 17.4. The van der Waals surface area contributed by atoms with Gasteiger partial charge in [-0.25, -0.2) is 17.8 Å². The lowest BCUT2D eigenvalue weighted by Crippen LogP contribution is -2.39. The molecule has 160 valence electrons. The van der Waals surface area contributed by atoms with Gasteiger partial charge < -0.3 is 9.88 Å². The Kier molecular flexibility index (Phi) is 5.46. The van der Waals surface area contributed by atoms with E-state index >= 15 is 0 Å². The number of nitrogens with one attached hydrogen (secondary N) is 1. The lowest BCUT2D eigenvalue weighted by molar-refractivity contribution is -0.129. The van der Waals surface area contributed by atoms with E-state index < -0.39 is 10.0 Å². The van der Waals surface area contributed by atoms with Crippen molar-refractivity contribution in [3.05, 3.63) is 63.1 Å². The summed E-state index contributed by atoms with van der Waals surface area (Å²) in [6.45, 7) is 1.33. The second-order valence-corrected chi connectivity index (χ2v) is 9.83. The van der Waals surface area contributed by atoms with Crippen LogP contribution in [0.15, 0.2) is 29.1 Å². The van der Waals surface area contributed by atoms with Crippen molar-refractivity contribution in [2.75, 3.05) is 25.9 Å². The normalized spacial score (nSPS) is 19.7. The van der Waals surface area contributed by atoms with Crippen molar-refractivity contribution in [3.63, 3.8) is 0 Å². The highest BCUT2D eigenvalue weighted by Gasteiger charge is 2.31. The molecule has 1 N–H and O–H groups in total. The van der Waals surface area contributed by atoms with E-state index in [9.17, 15) is 22.4 Å². The predicted octanol–water partition coefficient (Wildman–Crippen LogP) is 0.785. The molecular formula is C20H23FN4O4S. The largest absolute Gasteiger partial charge is 0.342 e. The number of hydrogen-bond acceptors (Lipinski definition) is 5. The van der Waals surface area contributed by atoms with E-state index in [1.54, 1.807) is 17.0 Å². The number of sulfonamides is 1. The Morgan fingerprint density at radius 2 is 2.00 bits per heavy atom. The first kappa shape index (κ1) is 20.7. The molecule has 1 saturated heterocycles. The number of nitrogens with zero attached hydrogens (tertiary/aromatic N) is 3. The molecule has 0 bridgehead atoms. The van der Waals surface area contributed by atoms with Crippen molar-refractivity contribution in [2.45, 2.75) is 31.7 Å². The molecule has 1 aromatic heterocycles. The van der Waals surface area contributed by atoms with E-state index in [0.29, 0.717) is 43.0 Å². The minimum Gasteiger partial charge on any atom is -0.342 e. The molecule has 0 saturated carbocycles. The molecule has 2 aliphatic rings. The number of carbonyl (C=O) groups excluding carboxylic acids is 1. The molecule has 10 heteroatoms. The van der Waals surface area contributed by atoms with Crippen molar-refractivity contribution < 1.29 is 17.6 Å². The Labute approximate surface area is 173 Å². The predicted molar refractivity (Wildman–Crippen MR) is 108 cm³/mol. The summed E-state index contributed by atoms with van der Waals surface area (Å²) < 4.78 is 38.1. The van der Waals surface area contributed by atoms with Crippen molar-refractivity contribution >= 4 is 15.9 Å². The maximum absolute atomic E-state index is 13.0. The first-order valence-corrected chi connectivity index (χ1v) is 11.6. The fourth-order valence-electron chi connectivity index (χ4n) is 4.01. The standard InChI is InChI=1S/C20H23FN4O4S/c1-30(28,29)25-9-7-16-17(12-25)22-19(23-20(16)27)14-6-8-24(11-14)18(26)10-13-2-4-15(21)5-3-13/h2-5,14H,6-12H2,1H3,(H,22,23,27)/t14-/m0/s1. The Balaban J connectivity index is 1.48. The van der Waals surface area contributed by atoms with E-state index in [-0.39, 0.29) is 42.7 Å². The molecule has 1 amide bonds. The lowest BCUT2D eigenvalue weighted by Gasteiger charge is -2.26. The van der Waals surface area contributed by atoms with Gasteiger partial charge in [-0.15, -0.1) is 0 Å². The van der Waals surface area contributed by atoms with Gasteiger partial charge in [0.25, 0.3) is 5.56 Å². The summed E-state index contributed by atoms with van der Waals surface area (Å²) in [4.78, 5) is 34.2. The highest BCUT2D eigenvalue weighted by Crippen LogP contribution is 2.26. The summed E-state index contributed by atoms with van der Waals surface area (Å²) >= 11 is 0. The van der Waals surface area contributed by atoms with Crippen LogP contribution in [0.1, 0.15) is 35.0 Å². The van der Waals surface area contributed by atoms with Crippen LogP contribution in [0.3, 0.4) is 0 Å². The molecule has 0 unspecified atom stereocenters. The fourth-order valence-corrected chi connectivity index (χ4v) is 4.79. The number of hydrogen-bond donors (Lipinski definition) is 1. The molecule has 8 nitrogen and oxygen atoms in total. The molecule has 3 heterocycles. The number of halogens is 1.